The molecule has 2 aromatic carbocycles. The number of carbonyl (C=O) groups excluding carboxylic acids is 2. The summed E-state index contributed by atoms with van der Waals surface area (Å²) in [5, 5.41) is 2.35. The molecule has 0 bridgehead atoms. The molecule has 0 radical (unpaired) electrons. The molecule has 28 heavy (non-hydrogen) atoms. The molecule has 0 saturated carbocycles. The molecular weight excluding hydrogens is 385 g/mol. The highest BCUT2D eigenvalue weighted by Crippen LogP contribution is 2.29. The average molecular weight is 401 g/mol. The van der Waals surface area contributed by atoms with E-state index < -0.39 is 41.3 Å². The molecule has 0 heterocycles. The van der Waals surface area contributed by atoms with Gasteiger partial charge in [0.25, 0.3) is 0 Å². The van der Waals surface area contributed by atoms with Gasteiger partial charge in [0.2, 0.25) is 5.91 Å². The summed E-state index contributed by atoms with van der Waals surface area (Å²) in [4.78, 5) is 24.1. The van der Waals surface area contributed by atoms with Crippen molar-refractivity contribution in [2.45, 2.75) is 25.1 Å². The number of hydrogen-bond acceptors (Lipinski definition) is 3. The lowest BCUT2D eigenvalue weighted by molar-refractivity contribution is -0.145. The Balaban J connectivity index is 2.12. The van der Waals surface area contributed by atoms with E-state index in [9.17, 15) is 31.5 Å². The van der Waals surface area contributed by atoms with Gasteiger partial charge in [0.15, 0.2) is 11.6 Å². The summed E-state index contributed by atoms with van der Waals surface area (Å²) in [5.74, 6) is -3.75. The zero-order chi connectivity index (χ0) is 20.9. The maximum atomic E-state index is 13.2. The fraction of sp³-hybridized carbons (Fsp3) is 0.263. The van der Waals surface area contributed by atoms with E-state index in [0.717, 1.165) is 31.4 Å². The van der Waals surface area contributed by atoms with Crippen LogP contribution in [0.15, 0.2) is 42.5 Å². The van der Waals surface area contributed by atoms with E-state index in [-0.39, 0.29) is 24.0 Å². The molecule has 9 heteroatoms. The van der Waals surface area contributed by atoms with E-state index in [4.69, 9.17) is 0 Å². The number of alkyl halides is 3. The van der Waals surface area contributed by atoms with E-state index in [0.29, 0.717) is 0 Å². The Bertz CT molecular complexity index is 867. The molecule has 2 rings (SSSR count). The van der Waals surface area contributed by atoms with Crippen molar-refractivity contribution in [2.75, 3.05) is 7.11 Å². The van der Waals surface area contributed by atoms with Gasteiger partial charge in [0.1, 0.15) is 6.04 Å². The standard InChI is InChI=1S/C19H16F5NO3/c1-28-18(27)16(9-11-3-2-4-13(7-11)19(22,23)24)25-17(26)10-12-5-6-14(20)15(21)8-12/h2-8,16H,9-10H2,1H3,(H,25,26)/t16-/m1/s1. The maximum absolute atomic E-state index is 13.2. The highest BCUT2D eigenvalue weighted by molar-refractivity contribution is 5.85. The van der Waals surface area contributed by atoms with Gasteiger partial charge in [0, 0.05) is 6.42 Å². The van der Waals surface area contributed by atoms with Crippen LogP contribution in [0.2, 0.25) is 0 Å². The lowest BCUT2D eigenvalue weighted by Crippen LogP contribution is -2.43. The quantitative estimate of drug-likeness (QED) is 0.596. The minimum atomic E-state index is -4.55. The molecule has 1 N–H and O–H groups in total. The van der Waals surface area contributed by atoms with Gasteiger partial charge >= 0.3 is 12.1 Å². The first kappa shape index (κ1) is 21.3. The number of esters is 1. The second-order valence-electron chi connectivity index (χ2n) is 5.97. The molecule has 150 valence electrons. The zero-order valence-corrected chi connectivity index (χ0v) is 14.6. The molecule has 1 amide bonds. The van der Waals surface area contributed by atoms with Gasteiger partial charge in [-0.15, -0.1) is 0 Å². The molecule has 0 spiro atoms. The number of ether oxygens (including phenoxy) is 1. The smallest absolute Gasteiger partial charge is 0.416 e. The second-order valence-corrected chi connectivity index (χ2v) is 5.97. The summed E-state index contributed by atoms with van der Waals surface area (Å²) in [6.07, 6.45) is -5.14. The van der Waals surface area contributed by atoms with Gasteiger partial charge < -0.3 is 10.1 Å². The average Bonchev–Trinajstić information content (AvgIpc) is 2.63. The van der Waals surface area contributed by atoms with Gasteiger partial charge in [-0.25, -0.2) is 13.6 Å². The summed E-state index contributed by atoms with van der Waals surface area (Å²) < 4.78 is 69.2. The molecule has 0 unspecified atom stereocenters. The number of amides is 1. The minimum absolute atomic E-state index is 0.165. The summed E-state index contributed by atoms with van der Waals surface area (Å²) in [6.45, 7) is 0. The van der Waals surface area contributed by atoms with Crippen LogP contribution in [0.5, 0.6) is 0 Å². The van der Waals surface area contributed by atoms with Crippen LogP contribution in [0.4, 0.5) is 22.0 Å². The number of benzene rings is 2. The molecular formula is C19H16F5NO3. The SMILES string of the molecule is COC(=O)[C@@H](Cc1cccc(C(F)(F)F)c1)NC(=O)Cc1ccc(F)c(F)c1. The molecule has 2 aromatic rings. The highest BCUT2D eigenvalue weighted by Gasteiger charge is 2.31. The molecule has 4 nitrogen and oxygen atoms in total. The van der Waals surface area contributed by atoms with Gasteiger partial charge in [-0.1, -0.05) is 24.3 Å². The first-order valence-corrected chi connectivity index (χ1v) is 8.07. The first-order valence-electron chi connectivity index (χ1n) is 8.07. The zero-order valence-electron chi connectivity index (χ0n) is 14.6. The lowest BCUT2D eigenvalue weighted by atomic mass is 10.0. The van der Waals surface area contributed by atoms with Crippen LogP contribution >= 0.6 is 0 Å². The maximum Gasteiger partial charge on any atom is 0.416 e. The van der Waals surface area contributed by atoms with Gasteiger partial charge in [-0.2, -0.15) is 13.2 Å². The van der Waals surface area contributed by atoms with Gasteiger partial charge in [-0.05, 0) is 29.3 Å². The van der Waals surface area contributed by atoms with E-state index in [1.54, 1.807) is 0 Å². The van der Waals surface area contributed by atoms with Crippen LogP contribution in [0.3, 0.4) is 0 Å². The Hall–Kier alpha value is -2.97. The topological polar surface area (TPSA) is 55.4 Å². The monoisotopic (exact) mass is 401 g/mol. The van der Waals surface area contributed by atoms with Gasteiger partial charge in [0.05, 0.1) is 19.1 Å². The third kappa shape index (κ3) is 5.77. The normalized spacial score (nSPS) is 12.4. The molecule has 1 atom stereocenters. The van der Waals surface area contributed by atoms with Crippen molar-refractivity contribution in [2.24, 2.45) is 0 Å². The van der Waals surface area contributed by atoms with Crippen molar-refractivity contribution in [3.63, 3.8) is 0 Å². The molecule has 0 aliphatic rings. The fourth-order valence-corrected chi connectivity index (χ4v) is 2.53. The number of nitrogens with one attached hydrogen (secondary N) is 1. The van der Waals surface area contributed by atoms with Crippen molar-refractivity contribution in [1.82, 2.24) is 5.32 Å². The van der Waals surface area contributed by atoms with E-state index in [1.165, 1.54) is 18.2 Å². The van der Waals surface area contributed by atoms with Crippen LogP contribution in [0, 0.1) is 11.6 Å². The number of rotatable bonds is 6. The first-order chi connectivity index (χ1) is 13.1. The largest absolute Gasteiger partial charge is 0.467 e. The summed E-state index contributed by atoms with van der Waals surface area (Å²) >= 11 is 0. The molecule has 0 aromatic heterocycles. The summed E-state index contributed by atoms with van der Waals surface area (Å²) in [6, 6.07) is 6.00. The van der Waals surface area contributed by atoms with E-state index in [2.05, 4.69) is 10.1 Å². The minimum Gasteiger partial charge on any atom is -0.467 e. The summed E-state index contributed by atoms with van der Waals surface area (Å²) in [5.41, 5.74) is -0.556. The van der Waals surface area contributed by atoms with Crippen molar-refractivity contribution >= 4 is 11.9 Å². The van der Waals surface area contributed by atoms with Crippen molar-refractivity contribution in [3.8, 4) is 0 Å². The number of carbonyl (C=O) groups is 2. The Morgan fingerprint density at radius 3 is 2.36 bits per heavy atom. The molecule has 0 aliphatic heterocycles. The predicted octanol–water partition coefficient (Wildman–Crippen LogP) is 3.43. The molecule has 0 saturated heterocycles. The lowest BCUT2D eigenvalue weighted by Gasteiger charge is -2.17. The summed E-state index contributed by atoms with van der Waals surface area (Å²) in [7, 11) is 1.07. The van der Waals surface area contributed by atoms with Gasteiger partial charge in [-0.3, -0.25) is 4.79 Å². The predicted molar refractivity (Wildman–Crippen MR) is 89.2 cm³/mol. The Morgan fingerprint density at radius 2 is 1.75 bits per heavy atom. The van der Waals surface area contributed by atoms with Crippen molar-refractivity contribution in [3.05, 3.63) is 70.8 Å². The second kappa shape index (κ2) is 8.81. The Labute approximate surface area is 157 Å². The number of methoxy groups -OCH3 is 1. The van der Waals surface area contributed by atoms with Crippen molar-refractivity contribution < 1.29 is 36.3 Å². The van der Waals surface area contributed by atoms with Crippen LogP contribution in [-0.2, 0) is 33.3 Å². The number of hydrogen-bond donors (Lipinski definition) is 1. The van der Waals surface area contributed by atoms with Crippen LogP contribution in [0.25, 0.3) is 0 Å². The fourth-order valence-electron chi connectivity index (χ4n) is 2.53. The Kier molecular flexibility index (Phi) is 6.71. The van der Waals surface area contributed by atoms with Crippen LogP contribution in [0.1, 0.15) is 16.7 Å². The van der Waals surface area contributed by atoms with Crippen molar-refractivity contribution in [1.29, 1.82) is 0 Å². The Morgan fingerprint density at radius 1 is 1.04 bits per heavy atom. The number of halogens is 5. The van der Waals surface area contributed by atoms with Crippen LogP contribution in [-0.4, -0.2) is 25.0 Å². The molecule has 0 aliphatic carbocycles. The highest BCUT2D eigenvalue weighted by atomic mass is 19.4. The van der Waals surface area contributed by atoms with E-state index in [1.807, 2.05) is 0 Å². The van der Waals surface area contributed by atoms with E-state index >= 15 is 0 Å². The third-order valence-corrected chi connectivity index (χ3v) is 3.86. The molecule has 0 fully saturated rings. The van der Waals surface area contributed by atoms with Crippen LogP contribution < -0.4 is 5.32 Å². The third-order valence-electron chi connectivity index (χ3n) is 3.86.